The van der Waals surface area contributed by atoms with Crippen LogP contribution in [0.1, 0.15) is 22.8 Å². The number of benzene rings is 3. The number of fused-ring (bicyclic) bond motifs is 1. The molecule has 0 aliphatic carbocycles. The third-order valence-corrected chi connectivity index (χ3v) is 5.88. The van der Waals surface area contributed by atoms with Crippen LogP contribution in [0, 0.1) is 6.92 Å². The summed E-state index contributed by atoms with van der Waals surface area (Å²) in [4.78, 5) is 29.0. The monoisotopic (exact) mass is 529 g/mol. The van der Waals surface area contributed by atoms with Gasteiger partial charge in [0.2, 0.25) is 11.8 Å². The molecule has 3 aromatic carbocycles. The zero-order valence-corrected chi connectivity index (χ0v) is 20.4. The van der Waals surface area contributed by atoms with Crippen LogP contribution in [0.5, 0.6) is 0 Å². The fraction of sp³-hybridized carbons (Fsp3) is 0.0769. The Morgan fingerprint density at radius 2 is 1.80 bits per heavy atom. The van der Waals surface area contributed by atoms with E-state index in [-0.39, 0.29) is 11.8 Å². The van der Waals surface area contributed by atoms with Gasteiger partial charge in [-0.15, -0.1) is 0 Å². The first-order valence-electron chi connectivity index (χ1n) is 10.8. The smallest absolute Gasteiger partial charge is 0.257 e. The van der Waals surface area contributed by atoms with Crippen LogP contribution in [-0.4, -0.2) is 27.0 Å². The number of aryl methyl sites for hydroxylation is 1. The maximum Gasteiger partial charge on any atom is 0.257 e. The van der Waals surface area contributed by atoms with E-state index >= 15 is 0 Å². The molecule has 0 radical (unpaired) electrons. The Labute approximate surface area is 208 Å². The molecule has 0 atom stereocenters. The van der Waals surface area contributed by atoms with Crippen molar-refractivity contribution in [1.29, 1.82) is 0 Å². The van der Waals surface area contributed by atoms with Gasteiger partial charge in [-0.05, 0) is 55.0 Å². The van der Waals surface area contributed by atoms with Gasteiger partial charge in [0.15, 0.2) is 5.58 Å². The van der Waals surface area contributed by atoms with Crippen molar-refractivity contribution in [1.82, 2.24) is 15.2 Å². The predicted octanol–water partition coefficient (Wildman–Crippen LogP) is 6.17. The molecule has 0 aliphatic rings. The Morgan fingerprint density at radius 3 is 2.57 bits per heavy atom. The second-order valence-electron chi connectivity index (χ2n) is 8.05. The standard InChI is InChI=1S/C26H20BrN5O3/c1-14-3-9-22-23(11-14)35-26(31-22)20-13-28-32-24(20)16-4-7-18(8-5-16)30-25(34)19-12-17(27)6-10-21(19)29-15(2)33/h3-13H,1-2H3,(H,28,32)(H,29,33)(H,30,34). The highest BCUT2D eigenvalue weighted by molar-refractivity contribution is 9.10. The quantitative estimate of drug-likeness (QED) is 0.252. The molecule has 9 heteroatoms. The number of nitrogens with zero attached hydrogens (tertiary/aromatic N) is 2. The molecule has 2 amide bonds. The zero-order valence-electron chi connectivity index (χ0n) is 18.8. The summed E-state index contributed by atoms with van der Waals surface area (Å²) in [6.07, 6.45) is 1.68. The Hall–Kier alpha value is -4.24. The van der Waals surface area contributed by atoms with E-state index in [0.29, 0.717) is 22.8 Å². The minimum atomic E-state index is -0.341. The Bertz CT molecular complexity index is 1570. The average Bonchev–Trinajstić information content (AvgIpc) is 3.47. The third kappa shape index (κ3) is 4.71. The van der Waals surface area contributed by atoms with Crippen LogP contribution in [0.4, 0.5) is 11.4 Å². The first-order valence-corrected chi connectivity index (χ1v) is 11.6. The Balaban J connectivity index is 1.39. The maximum absolute atomic E-state index is 12.9. The molecule has 2 heterocycles. The van der Waals surface area contributed by atoms with Crippen molar-refractivity contribution in [2.45, 2.75) is 13.8 Å². The first kappa shape index (κ1) is 22.5. The molecule has 0 aliphatic heterocycles. The average molecular weight is 530 g/mol. The molecule has 5 aromatic rings. The van der Waals surface area contributed by atoms with Crippen LogP contribution < -0.4 is 10.6 Å². The minimum absolute atomic E-state index is 0.254. The highest BCUT2D eigenvalue weighted by Gasteiger charge is 2.17. The van der Waals surface area contributed by atoms with Gasteiger partial charge in [-0.1, -0.05) is 34.1 Å². The fourth-order valence-electron chi connectivity index (χ4n) is 3.74. The lowest BCUT2D eigenvalue weighted by atomic mass is 10.1. The molecule has 8 nitrogen and oxygen atoms in total. The number of halogens is 1. The number of carbonyl (C=O) groups is 2. The van der Waals surface area contributed by atoms with Crippen molar-refractivity contribution in [3.8, 4) is 22.7 Å². The first-order chi connectivity index (χ1) is 16.9. The summed E-state index contributed by atoms with van der Waals surface area (Å²) in [5.41, 5.74) is 6.33. The third-order valence-electron chi connectivity index (χ3n) is 5.38. The number of amides is 2. The molecule has 2 aromatic heterocycles. The van der Waals surface area contributed by atoms with E-state index < -0.39 is 0 Å². The number of anilines is 2. The van der Waals surface area contributed by atoms with Gasteiger partial charge in [-0.3, -0.25) is 14.7 Å². The van der Waals surface area contributed by atoms with Crippen LogP contribution in [0.2, 0.25) is 0 Å². The molecule has 174 valence electrons. The van der Waals surface area contributed by atoms with Gasteiger partial charge in [-0.25, -0.2) is 4.98 Å². The topological polar surface area (TPSA) is 113 Å². The van der Waals surface area contributed by atoms with Crippen LogP contribution in [0.15, 0.2) is 75.8 Å². The van der Waals surface area contributed by atoms with Crippen molar-refractivity contribution in [3.05, 3.63) is 82.5 Å². The van der Waals surface area contributed by atoms with Gasteiger partial charge in [-0.2, -0.15) is 5.10 Å². The number of carbonyl (C=O) groups excluding carboxylic acids is 2. The van der Waals surface area contributed by atoms with Crippen molar-refractivity contribution >= 4 is 50.2 Å². The summed E-state index contributed by atoms with van der Waals surface area (Å²) in [5, 5.41) is 12.7. The molecule has 0 spiro atoms. The molecule has 3 N–H and O–H groups in total. The normalized spacial score (nSPS) is 10.9. The Kier molecular flexibility index (Phi) is 5.92. The molecule has 0 fully saturated rings. The largest absolute Gasteiger partial charge is 0.436 e. The van der Waals surface area contributed by atoms with Crippen LogP contribution in [-0.2, 0) is 4.79 Å². The molecule has 35 heavy (non-hydrogen) atoms. The molecule has 5 rings (SSSR count). The van der Waals surface area contributed by atoms with Crippen molar-refractivity contribution in [2.75, 3.05) is 10.6 Å². The number of oxazole rings is 1. The lowest BCUT2D eigenvalue weighted by Gasteiger charge is -2.11. The molecule has 0 bridgehead atoms. The second-order valence-corrected chi connectivity index (χ2v) is 8.97. The highest BCUT2D eigenvalue weighted by atomic mass is 79.9. The lowest BCUT2D eigenvalue weighted by Crippen LogP contribution is -2.16. The molecule has 0 saturated heterocycles. The summed E-state index contributed by atoms with van der Waals surface area (Å²) < 4.78 is 6.70. The molecular formula is C26H20BrN5O3. The number of hydrogen-bond donors (Lipinski definition) is 3. The van der Waals surface area contributed by atoms with Gasteiger partial charge >= 0.3 is 0 Å². The second kappa shape index (κ2) is 9.19. The fourth-order valence-corrected chi connectivity index (χ4v) is 4.10. The van der Waals surface area contributed by atoms with Crippen LogP contribution in [0.3, 0.4) is 0 Å². The summed E-state index contributed by atoms with van der Waals surface area (Å²) in [6.45, 7) is 3.40. The minimum Gasteiger partial charge on any atom is -0.436 e. The number of H-pyrrole nitrogens is 1. The summed E-state index contributed by atoms with van der Waals surface area (Å²) >= 11 is 3.37. The van der Waals surface area contributed by atoms with E-state index in [1.165, 1.54) is 6.92 Å². The zero-order chi connectivity index (χ0) is 24.5. The predicted molar refractivity (Wildman–Crippen MR) is 138 cm³/mol. The maximum atomic E-state index is 12.9. The van der Waals surface area contributed by atoms with E-state index in [1.807, 2.05) is 37.3 Å². The number of hydrogen-bond acceptors (Lipinski definition) is 5. The number of aromatic nitrogens is 3. The number of rotatable bonds is 5. The van der Waals surface area contributed by atoms with E-state index in [0.717, 1.165) is 38.0 Å². The van der Waals surface area contributed by atoms with Gasteiger partial charge in [0.1, 0.15) is 5.52 Å². The van der Waals surface area contributed by atoms with Crippen molar-refractivity contribution in [3.63, 3.8) is 0 Å². The van der Waals surface area contributed by atoms with Gasteiger partial charge in [0.25, 0.3) is 5.91 Å². The molecule has 0 saturated carbocycles. The molecular weight excluding hydrogens is 510 g/mol. The van der Waals surface area contributed by atoms with E-state index in [2.05, 4.69) is 41.7 Å². The van der Waals surface area contributed by atoms with Gasteiger partial charge in [0.05, 0.1) is 28.7 Å². The Morgan fingerprint density at radius 1 is 1.00 bits per heavy atom. The van der Waals surface area contributed by atoms with Gasteiger partial charge in [0, 0.05) is 22.6 Å². The van der Waals surface area contributed by atoms with E-state index in [4.69, 9.17) is 4.42 Å². The summed E-state index contributed by atoms with van der Waals surface area (Å²) in [5.74, 6) is -0.117. The number of aromatic amines is 1. The van der Waals surface area contributed by atoms with Crippen molar-refractivity contribution < 1.29 is 14.0 Å². The van der Waals surface area contributed by atoms with E-state index in [1.54, 1.807) is 36.5 Å². The van der Waals surface area contributed by atoms with Crippen LogP contribution in [0.25, 0.3) is 33.8 Å². The highest BCUT2D eigenvalue weighted by Crippen LogP contribution is 2.32. The van der Waals surface area contributed by atoms with Crippen LogP contribution >= 0.6 is 15.9 Å². The lowest BCUT2D eigenvalue weighted by molar-refractivity contribution is -0.114. The van der Waals surface area contributed by atoms with E-state index in [9.17, 15) is 9.59 Å². The summed E-state index contributed by atoms with van der Waals surface area (Å²) in [6, 6.07) is 18.3. The SMILES string of the molecule is CC(=O)Nc1ccc(Br)cc1C(=O)Nc1ccc(-c2[nH]ncc2-c2nc3ccc(C)cc3o2)cc1. The van der Waals surface area contributed by atoms with Gasteiger partial charge < -0.3 is 15.1 Å². The number of nitrogens with one attached hydrogen (secondary N) is 3. The van der Waals surface area contributed by atoms with Crippen molar-refractivity contribution in [2.24, 2.45) is 0 Å². The molecule has 0 unspecified atom stereocenters. The summed E-state index contributed by atoms with van der Waals surface area (Å²) in [7, 11) is 0.